The number of thioether (sulfide) groups is 1. The third-order valence-corrected chi connectivity index (χ3v) is 7.57. The molecule has 0 saturated carbocycles. The third kappa shape index (κ3) is 4.13. The number of rotatable bonds is 5. The maximum Gasteiger partial charge on any atom is 0.235 e. The van der Waals surface area contributed by atoms with E-state index in [1.165, 1.54) is 23.1 Å². The van der Waals surface area contributed by atoms with Crippen molar-refractivity contribution >= 4 is 34.0 Å². The molecule has 1 aliphatic rings. The highest BCUT2D eigenvalue weighted by atomic mass is 32.2. The number of carbonyl (C=O) groups excluding carboxylic acids is 1. The van der Waals surface area contributed by atoms with E-state index in [9.17, 15) is 10.1 Å². The van der Waals surface area contributed by atoms with Crippen molar-refractivity contribution in [3.8, 4) is 17.5 Å². The van der Waals surface area contributed by atoms with E-state index in [4.69, 9.17) is 0 Å². The van der Waals surface area contributed by atoms with E-state index < -0.39 is 0 Å². The molecule has 0 saturated heterocycles. The molecule has 0 spiro atoms. The van der Waals surface area contributed by atoms with E-state index in [2.05, 4.69) is 21.6 Å². The Kier molecular flexibility index (Phi) is 6.21. The van der Waals surface area contributed by atoms with Crippen molar-refractivity contribution in [1.29, 1.82) is 5.26 Å². The number of aryl methyl sites for hydroxylation is 2. The van der Waals surface area contributed by atoms with Crippen LogP contribution in [-0.2, 0) is 24.7 Å². The molecule has 0 aliphatic heterocycles. The molecule has 1 aromatic carbocycles. The summed E-state index contributed by atoms with van der Waals surface area (Å²) in [4.78, 5) is 13.8. The molecule has 1 aliphatic carbocycles. The van der Waals surface area contributed by atoms with Crippen molar-refractivity contribution < 1.29 is 4.79 Å². The quantitative estimate of drug-likeness (QED) is 0.461. The number of nitrogens with one attached hydrogen (secondary N) is 1. The van der Waals surface area contributed by atoms with E-state index >= 15 is 0 Å². The average Bonchev–Trinajstić information content (AvgIpc) is 3.16. The van der Waals surface area contributed by atoms with Gasteiger partial charge in [0.05, 0.1) is 11.3 Å². The molecule has 0 fully saturated rings. The highest BCUT2D eigenvalue weighted by Crippen LogP contribution is 2.37. The number of fused-ring (bicyclic) bond motifs is 1. The van der Waals surface area contributed by atoms with Crippen molar-refractivity contribution in [1.82, 2.24) is 14.8 Å². The Morgan fingerprint density at radius 3 is 2.87 bits per heavy atom. The second kappa shape index (κ2) is 9.02. The number of nitriles is 1. The molecule has 6 nitrogen and oxygen atoms in total. The van der Waals surface area contributed by atoms with E-state index in [0.29, 0.717) is 15.7 Å². The molecule has 8 heteroatoms. The van der Waals surface area contributed by atoms with Gasteiger partial charge in [0, 0.05) is 17.5 Å². The van der Waals surface area contributed by atoms with Crippen molar-refractivity contribution in [3.63, 3.8) is 0 Å². The van der Waals surface area contributed by atoms with Crippen molar-refractivity contribution in [2.75, 3.05) is 11.1 Å². The first-order valence-electron chi connectivity index (χ1n) is 10.0. The Balaban J connectivity index is 1.44. The molecule has 30 heavy (non-hydrogen) atoms. The van der Waals surface area contributed by atoms with Gasteiger partial charge in [-0.3, -0.25) is 4.79 Å². The highest BCUT2D eigenvalue weighted by Gasteiger charge is 2.21. The second-order valence-electron chi connectivity index (χ2n) is 7.40. The van der Waals surface area contributed by atoms with Crippen LogP contribution in [0.3, 0.4) is 0 Å². The minimum atomic E-state index is -0.131. The number of hydrogen-bond donors (Lipinski definition) is 1. The fourth-order valence-electron chi connectivity index (χ4n) is 3.74. The molecule has 0 unspecified atom stereocenters. The summed E-state index contributed by atoms with van der Waals surface area (Å²) >= 11 is 2.91. The Morgan fingerprint density at radius 2 is 2.07 bits per heavy atom. The maximum atomic E-state index is 12.6. The lowest BCUT2D eigenvalue weighted by Gasteiger charge is -2.06. The summed E-state index contributed by atoms with van der Waals surface area (Å²) in [6, 6.07) is 10.3. The third-order valence-electron chi connectivity index (χ3n) is 5.34. The number of nitrogens with zero attached hydrogens (tertiary/aromatic N) is 4. The van der Waals surface area contributed by atoms with Crippen LogP contribution in [0.15, 0.2) is 29.4 Å². The minimum Gasteiger partial charge on any atom is -0.316 e. The monoisotopic (exact) mass is 437 g/mol. The second-order valence-corrected chi connectivity index (χ2v) is 9.45. The Morgan fingerprint density at radius 1 is 1.27 bits per heavy atom. The maximum absolute atomic E-state index is 12.6. The zero-order valence-electron chi connectivity index (χ0n) is 17.1. The fourth-order valence-corrected chi connectivity index (χ4v) is 5.71. The largest absolute Gasteiger partial charge is 0.316 e. The van der Waals surface area contributed by atoms with Gasteiger partial charge in [0.2, 0.25) is 5.91 Å². The van der Waals surface area contributed by atoms with E-state index in [0.717, 1.165) is 48.2 Å². The van der Waals surface area contributed by atoms with Crippen LogP contribution < -0.4 is 5.32 Å². The lowest BCUT2D eigenvalue weighted by Crippen LogP contribution is -2.14. The average molecular weight is 438 g/mol. The molecule has 4 rings (SSSR count). The van der Waals surface area contributed by atoms with Crippen molar-refractivity contribution in [2.45, 2.75) is 44.2 Å². The topological polar surface area (TPSA) is 83.6 Å². The Bertz CT molecular complexity index is 1130. The number of benzene rings is 1. The number of anilines is 1. The molecule has 0 radical (unpaired) electrons. The van der Waals surface area contributed by atoms with Gasteiger partial charge in [0.1, 0.15) is 11.1 Å². The summed E-state index contributed by atoms with van der Waals surface area (Å²) in [6.07, 6.45) is 5.39. The van der Waals surface area contributed by atoms with Gasteiger partial charge in [-0.15, -0.1) is 21.5 Å². The van der Waals surface area contributed by atoms with Gasteiger partial charge >= 0.3 is 0 Å². The molecule has 0 bridgehead atoms. The van der Waals surface area contributed by atoms with Crippen LogP contribution in [0, 0.1) is 18.3 Å². The summed E-state index contributed by atoms with van der Waals surface area (Å²) in [5, 5.41) is 22.5. The summed E-state index contributed by atoms with van der Waals surface area (Å²) in [6.45, 7) is 2.04. The zero-order valence-corrected chi connectivity index (χ0v) is 18.7. The lowest BCUT2D eigenvalue weighted by atomic mass is 10.1. The molecule has 3 aromatic rings. The molecule has 1 N–H and O–H groups in total. The summed E-state index contributed by atoms with van der Waals surface area (Å²) in [5.41, 5.74) is 3.95. The highest BCUT2D eigenvalue weighted by molar-refractivity contribution is 7.99. The predicted octanol–water partition coefficient (Wildman–Crippen LogP) is 4.72. The summed E-state index contributed by atoms with van der Waals surface area (Å²) < 4.78 is 1.91. The van der Waals surface area contributed by atoms with Crippen molar-refractivity contribution in [3.05, 3.63) is 45.8 Å². The zero-order chi connectivity index (χ0) is 21.1. The van der Waals surface area contributed by atoms with Crippen LogP contribution >= 0.6 is 23.1 Å². The standard InChI is InChI=1S/C22H23N5OS2/c1-14-8-6-7-9-15(14)20-25-26-22(27(20)2)29-13-19(28)24-21-17(12-23)16-10-4-3-5-11-18(16)30-21/h6-9H,3-5,10-11,13H2,1-2H3,(H,24,28). The molecule has 0 atom stereocenters. The van der Waals surface area contributed by atoms with E-state index in [1.807, 2.05) is 42.8 Å². The first kappa shape index (κ1) is 20.6. The van der Waals surface area contributed by atoms with Crippen LogP contribution in [0.5, 0.6) is 0 Å². The Hall–Kier alpha value is -2.63. The molecular formula is C22H23N5OS2. The first-order chi connectivity index (χ1) is 14.6. The van der Waals surface area contributed by atoms with Crippen LogP contribution in [0.2, 0.25) is 0 Å². The lowest BCUT2D eigenvalue weighted by molar-refractivity contribution is -0.113. The van der Waals surface area contributed by atoms with Gasteiger partial charge < -0.3 is 9.88 Å². The van der Waals surface area contributed by atoms with Crippen molar-refractivity contribution in [2.24, 2.45) is 7.05 Å². The number of amides is 1. The molecular weight excluding hydrogens is 414 g/mol. The number of thiophene rings is 1. The fraction of sp³-hybridized carbons (Fsp3) is 0.364. The minimum absolute atomic E-state index is 0.131. The van der Waals surface area contributed by atoms with Gasteiger partial charge in [-0.2, -0.15) is 5.26 Å². The number of carbonyl (C=O) groups is 1. The van der Waals surface area contributed by atoms with Gasteiger partial charge in [0.25, 0.3) is 0 Å². The van der Waals surface area contributed by atoms with Gasteiger partial charge in [-0.1, -0.05) is 42.4 Å². The van der Waals surface area contributed by atoms with Gasteiger partial charge in [-0.25, -0.2) is 0 Å². The van der Waals surface area contributed by atoms with Crippen LogP contribution in [0.25, 0.3) is 11.4 Å². The SMILES string of the molecule is Cc1ccccc1-c1nnc(SCC(=O)Nc2sc3c(c2C#N)CCCCC3)n1C. The van der Waals surface area contributed by atoms with Gasteiger partial charge in [-0.05, 0) is 43.7 Å². The van der Waals surface area contributed by atoms with Crippen LogP contribution in [-0.4, -0.2) is 26.4 Å². The summed E-state index contributed by atoms with van der Waals surface area (Å²) in [7, 11) is 1.91. The molecule has 154 valence electrons. The van der Waals surface area contributed by atoms with Gasteiger partial charge in [0.15, 0.2) is 11.0 Å². The molecule has 1 amide bonds. The van der Waals surface area contributed by atoms with E-state index in [1.54, 1.807) is 11.3 Å². The van der Waals surface area contributed by atoms with E-state index in [-0.39, 0.29) is 11.7 Å². The number of hydrogen-bond acceptors (Lipinski definition) is 6. The van der Waals surface area contributed by atoms with Crippen LogP contribution in [0.1, 0.15) is 40.8 Å². The van der Waals surface area contributed by atoms with Crippen LogP contribution in [0.4, 0.5) is 5.00 Å². The molecule has 2 aromatic heterocycles. The predicted molar refractivity (Wildman–Crippen MR) is 121 cm³/mol. The first-order valence-corrected chi connectivity index (χ1v) is 11.8. The smallest absolute Gasteiger partial charge is 0.235 e. The Labute approximate surface area is 184 Å². The molecule has 2 heterocycles. The normalized spacial score (nSPS) is 13.4. The summed E-state index contributed by atoms with van der Waals surface area (Å²) in [5.74, 6) is 0.866. The number of aromatic nitrogens is 3.